The number of unbranched alkanes of at least 4 members (excludes halogenated alkanes) is 3. The molecule has 1 atom stereocenters. The lowest BCUT2D eigenvalue weighted by atomic mass is 9.99. The Labute approximate surface area is 118 Å². The molecule has 1 N–H and O–H groups in total. The van der Waals surface area contributed by atoms with Crippen molar-refractivity contribution in [1.29, 1.82) is 0 Å². The number of rotatable bonds is 9. The maximum absolute atomic E-state index is 4.50. The number of hydrogen-bond donors (Lipinski definition) is 1. The Morgan fingerprint density at radius 1 is 1.32 bits per heavy atom. The molecule has 1 aromatic heterocycles. The molecule has 0 aliphatic rings. The van der Waals surface area contributed by atoms with Crippen molar-refractivity contribution in [2.24, 2.45) is 7.05 Å². The van der Waals surface area contributed by atoms with E-state index in [4.69, 9.17) is 0 Å². The Hall–Kier alpha value is -1.09. The highest BCUT2D eigenvalue weighted by atomic mass is 15.3. The summed E-state index contributed by atoms with van der Waals surface area (Å²) in [7, 11) is 4.09. The monoisotopic (exact) mass is 263 g/mol. The number of allylic oxidation sites excluding steroid dienone is 1. The predicted molar refractivity (Wildman–Crippen MR) is 82.5 cm³/mol. The maximum Gasteiger partial charge on any atom is 0.0628 e. The van der Waals surface area contributed by atoms with Gasteiger partial charge in [-0.05, 0) is 52.1 Å². The molecule has 0 saturated carbocycles. The van der Waals surface area contributed by atoms with Crippen LogP contribution in [0, 0.1) is 13.8 Å². The van der Waals surface area contributed by atoms with E-state index in [1.807, 2.05) is 17.8 Å². The van der Waals surface area contributed by atoms with E-state index in [1.54, 1.807) is 0 Å². The molecule has 19 heavy (non-hydrogen) atoms. The molecule has 0 aromatic carbocycles. The lowest BCUT2D eigenvalue weighted by Crippen LogP contribution is -2.28. The van der Waals surface area contributed by atoms with Gasteiger partial charge in [0.2, 0.25) is 0 Å². The van der Waals surface area contributed by atoms with Gasteiger partial charge in [-0.1, -0.05) is 18.9 Å². The molecule has 1 rings (SSSR count). The van der Waals surface area contributed by atoms with Crippen molar-refractivity contribution in [3.63, 3.8) is 0 Å². The van der Waals surface area contributed by atoms with Gasteiger partial charge in [-0.15, -0.1) is 6.58 Å². The smallest absolute Gasteiger partial charge is 0.0628 e. The van der Waals surface area contributed by atoms with Crippen LogP contribution in [0.1, 0.15) is 49.1 Å². The molecule has 0 amide bonds. The number of likely N-dealkylation sites (N-methyl/N-ethyl adjacent to an activating group) is 1. The van der Waals surface area contributed by atoms with Gasteiger partial charge in [0.25, 0.3) is 0 Å². The van der Waals surface area contributed by atoms with Crippen LogP contribution in [-0.2, 0) is 13.5 Å². The summed E-state index contributed by atoms with van der Waals surface area (Å²) in [4.78, 5) is 0. The van der Waals surface area contributed by atoms with Crippen LogP contribution in [0.4, 0.5) is 0 Å². The summed E-state index contributed by atoms with van der Waals surface area (Å²) in [5.41, 5.74) is 3.88. The minimum Gasteiger partial charge on any atom is -0.317 e. The molecular formula is C16H29N3. The molecule has 1 aromatic rings. The first-order chi connectivity index (χ1) is 9.10. The van der Waals surface area contributed by atoms with Gasteiger partial charge in [0.1, 0.15) is 0 Å². The second-order valence-corrected chi connectivity index (χ2v) is 5.39. The molecule has 0 spiro atoms. The summed E-state index contributed by atoms with van der Waals surface area (Å²) in [6.45, 7) is 8.03. The van der Waals surface area contributed by atoms with Crippen molar-refractivity contribution in [2.75, 3.05) is 7.05 Å². The maximum atomic E-state index is 4.50. The standard InChI is InChI=1S/C16H29N3/c1-6-7-8-9-10-11-15(17-4)12-16-13(2)18-19(5)14(16)3/h6,15,17H,1,7-12H2,2-5H3. The molecule has 0 radical (unpaired) electrons. The van der Waals surface area contributed by atoms with E-state index in [-0.39, 0.29) is 0 Å². The second kappa shape index (κ2) is 8.16. The molecule has 0 aliphatic carbocycles. The molecular weight excluding hydrogens is 234 g/mol. The third kappa shape index (κ3) is 4.83. The van der Waals surface area contributed by atoms with Gasteiger partial charge >= 0.3 is 0 Å². The number of nitrogens with zero attached hydrogens (tertiary/aromatic N) is 2. The molecule has 1 unspecified atom stereocenters. The van der Waals surface area contributed by atoms with E-state index in [2.05, 4.69) is 37.9 Å². The van der Waals surface area contributed by atoms with Crippen LogP contribution in [0.2, 0.25) is 0 Å². The fourth-order valence-corrected chi connectivity index (χ4v) is 2.56. The van der Waals surface area contributed by atoms with Crippen LogP contribution in [0.3, 0.4) is 0 Å². The largest absolute Gasteiger partial charge is 0.317 e. The zero-order valence-corrected chi connectivity index (χ0v) is 13.0. The van der Waals surface area contributed by atoms with Gasteiger partial charge in [0, 0.05) is 18.8 Å². The molecule has 0 saturated heterocycles. The first-order valence-corrected chi connectivity index (χ1v) is 7.37. The first kappa shape index (κ1) is 16.0. The van der Waals surface area contributed by atoms with Crippen LogP contribution in [0.15, 0.2) is 12.7 Å². The molecule has 0 bridgehead atoms. The number of nitrogens with one attached hydrogen (secondary N) is 1. The second-order valence-electron chi connectivity index (χ2n) is 5.39. The molecule has 108 valence electrons. The van der Waals surface area contributed by atoms with Crippen molar-refractivity contribution in [1.82, 2.24) is 15.1 Å². The normalized spacial score (nSPS) is 12.6. The lowest BCUT2D eigenvalue weighted by Gasteiger charge is -2.16. The average molecular weight is 263 g/mol. The quantitative estimate of drug-likeness (QED) is 0.547. The number of aromatic nitrogens is 2. The van der Waals surface area contributed by atoms with E-state index in [0.717, 1.165) is 12.8 Å². The van der Waals surface area contributed by atoms with Gasteiger partial charge in [0.05, 0.1) is 5.69 Å². The zero-order valence-electron chi connectivity index (χ0n) is 13.0. The van der Waals surface area contributed by atoms with Crippen molar-refractivity contribution >= 4 is 0 Å². The predicted octanol–water partition coefficient (Wildman–Crippen LogP) is 3.30. The highest BCUT2D eigenvalue weighted by molar-refractivity contribution is 5.25. The molecule has 1 heterocycles. The lowest BCUT2D eigenvalue weighted by molar-refractivity contribution is 0.485. The number of aryl methyl sites for hydroxylation is 2. The number of hydrogen-bond acceptors (Lipinski definition) is 2. The Balaban J connectivity index is 2.45. The van der Waals surface area contributed by atoms with Crippen LogP contribution < -0.4 is 5.32 Å². The van der Waals surface area contributed by atoms with Crippen molar-refractivity contribution in [3.05, 3.63) is 29.6 Å². The minimum atomic E-state index is 0.560. The average Bonchev–Trinajstić information content (AvgIpc) is 2.63. The van der Waals surface area contributed by atoms with Gasteiger partial charge in [-0.2, -0.15) is 5.10 Å². The van der Waals surface area contributed by atoms with E-state index in [9.17, 15) is 0 Å². The first-order valence-electron chi connectivity index (χ1n) is 7.37. The topological polar surface area (TPSA) is 29.9 Å². The van der Waals surface area contributed by atoms with E-state index < -0.39 is 0 Å². The van der Waals surface area contributed by atoms with Crippen molar-refractivity contribution in [2.45, 2.75) is 58.4 Å². The van der Waals surface area contributed by atoms with Crippen molar-refractivity contribution < 1.29 is 0 Å². The van der Waals surface area contributed by atoms with Crippen LogP contribution in [0.25, 0.3) is 0 Å². The van der Waals surface area contributed by atoms with Crippen molar-refractivity contribution in [3.8, 4) is 0 Å². The summed E-state index contributed by atoms with van der Waals surface area (Å²) < 4.78 is 1.99. The Morgan fingerprint density at radius 3 is 2.58 bits per heavy atom. The third-order valence-electron chi connectivity index (χ3n) is 3.98. The van der Waals surface area contributed by atoms with E-state index in [1.165, 1.54) is 42.6 Å². The van der Waals surface area contributed by atoms with Crippen LogP contribution in [0.5, 0.6) is 0 Å². The Bertz CT molecular complexity index is 393. The van der Waals surface area contributed by atoms with Crippen LogP contribution in [-0.4, -0.2) is 22.9 Å². The Morgan fingerprint density at radius 2 is 2.05 bits per heavy atom. The zero-order chi connectivity index (χ0) is 14.3. The van der Waals surface area contributed by atoms with Gasteiger partial charge in [0.15, 0.2) is 0 Å². The summed E-state index contributed by atoms with van der Waals surface area (Å²) in [5, 5.41) is 7.94. The third-order valence-corrected chi connectivity index (χ3v) is 3.98. The highest BCUT2D eigenvalue weighted by Gasteiger charge is 2.14. The van der Waals surface area contributed by atoms with Crippen LogP contribution >= 0.6 is 0 Å². The fraction of sp³-hybridized carbons (Fsp3) is 0.688. The Kier molecular flexibility index (Phi) is 6.85. The molecule has 3 nitrogen and oxygen atoms in total. The SMILES string of the molecule is C=CCCCCCC(Cc1c(C)nn(C)c1C)NC. The summed E-state index contributed by atoms with van der Waals surface area (Å²) >= 11 is 0. The van der Waals surface area contributed by atoms with Gasteiger partial charge in [-0.3, -0.25) is 4.68 Å². The van der Waals surface area contributed by atoms with Gasteiger partial charge in [-0.25, -0.2) is 0 Å². The summed E-state index contributed by atoms with van der Waals surface area (Å²) in [6.07, 6.45) is 9.34. The summed E-state index contributed by atoms with van der Waals surface area (Å²) in [6, 6.07) is 0.560. The minimum absolute atomic E-state index is 0.560. The fourth-order valence-electron chi connectivity index (χ4n) is 2.56. The highest BCUT2D eigenvalue weighted by Crippen LogP contribution is 2.17. The molecule has 0 aliphatic heterocycles. The van der Waals surface area contributed by atoms with E-state index >= 15 is 0 Å². The molecule has 0 fully saturated rings. The van der Waals surface area contributed by atoms with Gasteiger partial charge < -0.3 is 5.32 Å². The van der Waals surface area contributed by atoms with E-state index in [0.29, 0.717) is 6.04 Å². The summed E-state index contributed by atoms with van der Waals surface area (Å²) in [5.74, 6) is 0. The molecule has 3 heteroatoms.